The van der Waals surface area contributed by atoms with Crippen LogP contribution >= 0.6 is 15.9 Å². The first-order chi connectivity index (χ1) is 11.2. The van der Waals surface area contributed by atoms with Crippen molar-refractivity contribution in [1.82, 2.24) is 10.6 Å². The second-order valence-electron chi connectivity index (χ2n) is 7.67. The van der Waals surface area contributed by atoms with Crippen LogP contribution in [-0.4, -0.2) is 23.8 Å². The summed E-state index contributed by atoms with van der Waals surface area (Å²) in [4.78, 5) is 11.8. The predicted molar refractivity (Wildman–Crippen MR) is 101 cm³/mol. The van der Waals surface area contributed by atoms with Gasteiger partial charge in [-0.25, -0.2) is 4.79 Å². The Kier molecular flexibility index (Phi) is 6.70. The number of benzene rings is 1. The third-order valence-electron chi connectivity index (χ3n) is 4.24. The highest BCUT2D eigenvalue weighted by Crippen LogP contribution is 2.22. The fraction of sp³-hybridized carbons (Fsp3) is 0.632. The highest BCUT2D eigenvalue weighted by atomic mass is 79.9. The third kappa shape index (κ3) is 6.44. The van der Waals surface area contributed by atoms with E-state index in [2.05, 4.69) is 51.7 Å². The van der Waals surface area contributed by atoms with Gasteiger partial charge in [0.2, 0.25) is 0 Å². The van der Waals surface area contributed by atoms with Crippen molar-refractivity contribution in [3.63, 3.8) is 0 Å². The van der Waals surface area contributed by atoms with Crippen LogP contribution < -0.4 is 10.6 Å². The van der Waals surface area contributed by atoms with Crippen LogP contribution in [0.3, 0.4) is 0 Å². The topological polar surface area (TPSA) is 50.4 Å². The number of carbonyl (C=O) groups excluding carboxylic acids is 1. The molecule has 0 unspecified atom stereocenters. The predicted octanol–water partition coefficient (Wildman–Crippen LogP) is 4.68. The molecule has 1 amide bonds. The van der Waals surface area contributed by atoms with Crippen LogP contribution in [-0.2, 0) is 11.3 Å². The summed E-state index contributed by atoms with van der Waals surface area (Å²) in [7, 11) is 0. The van der Waals surface area contributed by atoms with E-state index >= 15 is 0 Å². The first-order valence-electron chi connectivity index (χ1n) is 8.71. The van der Waals surface area contributed by atoms with Gasteiger partial charge in [-0.3, -0.25) is 0 Å². The molecule has 4 nitrogen and oxygen atoms in total. The molecule has 1 aromatic rings. The van der Waals surface area contributed by atoms with Gasteiger partial charge in [-0.1, -0.05) is 28.1 Å². The maximum atomic E-state index is 11.8. The minimum atomic E-state index is -0.440. The lowest BCUT2D eigenvalue weighted by Gasteiger charge is -2.30. The normalized spacial score (nSPS) is 21.4. The molecule has 2 N–H and O–H groups in total. The standard InChI is InChI=1S/C19H29BrN2O2/c1-13-5-6-14(17(20)11-13)12-21-15-7-9-16(10-8-15)22-18(23)24-19(2,3)4/h5-6,11,15-16,21H,7-10,12H2,1-4H3,(H,22,23). The Morgan fingerprint density at radius 2 is 1.83 bits per heavy atom. The minimum Gasteiger partial charge on any atom is -0.444 e. The maximum Gasteiger partial charge on any atom is 0.407 e. The van der Waals surface area contributed by atoms with E-state index in [4.69, 9.17) is 4.74 Å². The monoisotopic (exact) mass is 396 g/mol. The van der Waals surface area contributed by atoms with Crippen LogP contribution in [0.15, 0.2) is 22.7 Å². The molecule has 1 aliphatic carbocycles. The summed E-state index contributed by atoms with van der Waals surface area (Å²) in [5.41, 5.74) is 2.11. The van der Waals surface area contributed by atoms with Crippen LogP contribution in [0.4, 0.5) is 4.79 Å². The van der Waals surface area contributed by atoms with Crippen molar-refractivity contribution in [2.75, 3.05) is 0 Å². The van der Waals surface area contributed by atoms with E-state index in [-0.39, 0.29) is 12.1 Å². The van der Waals surface area contributed by atoms with Gasteiger partial charge in [0, 0.05) is 23.1 Å². The summed E-state index contributed by atoms with van der Waals surface area (Å²) in [5.74, 6) is 0. The second kappa shape index (κ2) is 8.34. The Hall–Kier alpha value is -1.07. The molecule has 1 aliphatic rings. The van der Waals surface area contributed by atoms with Crippen LogP contribution in [0, 0.1) is 6.92 Å². The summed E-state index contributed by atoms with van der Waals surface area (Å²) in [6.07, 6.45) is 3.83. The fourth-order valence-electron chi connectivity index (χ4n) is 2.97. The Balaban J connectivity index is 1.72. The van der Waals surface area contributed by atoms with Crippen molar-refractivity contribution in [2.45, 2.75) is 77.6 Å². The van der Waals surface area contributed by atoms with Crippen molar-refractivity contribution < 1.29 is 9.53 Å². The van der Waals surface area contributed by atoms with Crippen LogP contribution in [0.2, 0.25) is 0 Å². The molecule has 5 heteroatoms. The van der Waals surface area contributed by atoms with Gasteiger partial charge in [0.25, 0.3) is 0 Å². The van der Waals surface area contributed by atoms with Crippen molar-refractivity contribution >= 4 is 22.0 Å². The third-order valence-corrected chi connectivity index (χ3v) is 4.98. The van der Waals surface area contributed by atoms with Crippen LogP contribution in [0.1, 0.15) is 57.6 Å². The zero-order valence-electron chi connectivity index (χ0n) is 15.1. The summed E-state index contributed by atoms with van der Waals surface area (Å²) < 4.78 is 6.49. The number of nitrogens with one attached hydrogen (secondary N) is 2. The van der Waals surface area contributed by atoms with E-state index in [1.165, 1.54) is 11.1 Å². The molecule has 24 heavy (non-hydrogen) atoms. The van der Waals surface area contributed by atoms with Crippen LogP contribution in [0.5, 0.6) is 0 Å². The van der Waals surface area contributed by atoms with E-state index in [1.54, 1.807) is 0 Å². The number of rotatable bonds is 4. The molecule has 1 saturated carbocycles. The average Bonchev–Trinajstić information content (AvgIpc) is 2.46. The van der Waals surface area contributed by atoms with Gasteiger partial charge in [-0.05, 0) is 70.6 Å². The largest absolute Gasteiger partial charge is 0.444 e. The van der Waals surface area contributed by atoms with Crippen molar-refractivity contribution in [1.29, 1.82) is 0 Å². The van der Waals surface area contributed by atoms with E-state index in [1.807, 2.05) is 20.8 Å². The molecule has 0 atom stereocenters. The van der Waals surface area contributed by atoms with Gasteiger partial charge in [0.1, 0.15) is 5.60 Å². The van der Waals surface area contributed by atoms with Gasteiger partial charge >= 0.3 is 6.09 Å². The zero-order chi connectivity index (χ0) is 17.7. The first-order valence-corrected chi connectivity index (χ1v) is 9.50. The first kappa shape index (κ1) is 19.3. The summed E-state index contributed by atoms with van der Waals surface area (Å²) in [6.45, 7) is 8.63. The van der Waals surface area contributed by atoms with E-state index in [0.717, 1.165) is 36.7 Å². The maximum absolute atomic E-state index is 11.8. The number of alkyl carbamates (subject to hydrolysis) is 1. The molecule has 0 spiro atoms. The lowest BCUT2D eigenvalue weighted by Crippen LogP contribution is -2.43. The molecule has 1 fully saturated rings. The summed E-state index contributed by atoms with van der Waals surface area (Å²) >= 11 is 3.63. The Morgan fingerprint density at radius 3 is 2.42 bits per heavy atom. The Morgan fingerprint density at radius 1 is 1.21 bits per heavy atom. The number of halogens is 1. The molecule has 0 aromatic heterocycles. The minimum absolute atomic E-state index is 0.226. The zero-order valence-corrected chi connectivity index (χ0v) is 16.7. The van der Waals surface area contributed by atoms with E-state index in [9.17, 15) is 4.79 Å². The smallest absolute Gasteiger partial charge is 0.407 e. The molecule has 2 rings (SSSR count). The van der Waals surface area contributed by atoms with E-state index in [0.29, 0.717) is 6.04 Å². The van der Waals surface area contributed by atoms with Crippen molar-refractivity contribution in [3.05, 3.63) is 33.8 Å². The lowest BCUT2D eigenvalue weighted by molar-refractivity contribution is 0.0489. The lowest BCUT2D eigenvalue weighted by atomic mass is 9.91. The Labute approximate surface area is 153 Å². The van der Waals surface area contributed by atoms with Crippen molar-refractivity contribution in [2.24, 2.45) is 0 Å². The number of amides is 1. The molecular formula is C19H29BrN2O2. The Bertz CT molecular complexity index is 561. The van der Waals surface area contributed by atoms with Crippen molar-refractivity contribution in [3.8, 4) is 0 Å². The second-order valence-corrected chi connectivity index (χ2v) is 8.52. The number of hydrogen-bond acceptors (Lipinski definition) is 3. The number of ether oxygens (including phenoxy) is 1. The number of aryl methyl sites for hydroxylation is 1. The molecular weight excluding hydrogens is 368 g/mol. The van der Waals surface area contributed by atoms with Gasteiger partial charge in [0.15, 0.2) is 0 Å². The van der Waals surface area contributed by atoms with Gasteiger partial charge in [-0.15, -0.1) is 0 Å². The summed E-state index contributed by atoms with van der Waals surface area (Å²) in [5, 5.41) is 6.62. The fourth-order valence-corrected chi connectivity index (χ4v) is 3.60. The molecule has 0 saturated heterocycles. The average molecular weight is 397 g/mol. The quantitative estimate of drug-likeness (QED) is 0.776. The van der Waals surface area contributed by atoms with Gasteiger partial charge in [0.05, 0.1) is 0 Å². The molecule has 0 bridgehead atoms. The highest BCUT2D eigenvalue weighted by Gasteiger charge is 2.24. The molecule has 134 valence electrons. The van der Waals surface area contributed by atoms with Gasteiger partial charge in [-0.2, -0.15) is 0 Å². The SMILES string of the molecule is Cc1ccc(CNC2CCC(NC(=O)OC(C)(C)C)CC2)c(Br)c1. The highest BCUT2D eigenvalue weighted by molar-refractivity contribution is 9.10. The van der Waals surface area contributed by atoms with E-state index < -0.39 is 5.60 Å². The molecule has 1 aromatic carbocycles. The molecule has 0 radical (unpaired) electrons. The molecule has 0 aliphatic heterocycles. The molecule has 0 heterocycles. The van der Waals surface area contributed by atoms with Crippen LogP contribution in [0.25, 0.3) is 0 Å². The van der Waals surface area contributed by atoms with Gasteiger partial charge < -0.3 is 15.4 Å². The number of hydrogen-bond donors (Lipinski definition) is 2. The summed E-state index contributed by atoms with van der Waals surface area (Å²) in [6, 6.07) is 7.20. The number of carbonyl (C=O) groups is 1.